The highest BCUT2D eigenvalue weighted by Gasteiger charge is 2.62. The molecular weight excluding hydrogens is 444 g/mol. The van der Waals surface area contributed by atoms with Crippen LogP contribution in [0.1, 0.15) is 49.0 Å². The van der Waals surface area contributed by atoms with Gasteiger partial charge in [-0.1, -0.05) is 30.3 Å². The number of carbonyl (C=O) groups excluding carboxylic acids is 4. The van der Waals surface area contributed by atoms with Crippen molar-refractivity contribution in [1.29, 1.82) is 0 Å². The standard InChI is InChI=1S/C28H30N2O5/c1-16(2)35-28(34)18-10-12-21(13-11-18)29-25(31)22(14-17-6-4-3-5-7-17)30-26(32)23-19-8-9-20(15-19)24(23)27(30)33/h3-7,10-13,16,19-20,22-24H,8-9,14-15H2,1-2H3,(H,29,31)/t19-,20+,22-,23+,24+/m1/s1. The van der Waals surface area contributed by atoms with E-state index in [1.807, 2.05) is 30.3 Å². The van der Waals surface area contributed by atoms with Crippen LogP contribution in [0, 0.1) is 23.7 Å². The third-order valence-corrected chi connectivity index (χ3v) is 7.58. The van der Waals surface area contributed by atoms with Crippen LogP contribution in [0.3, 0.4) is 0 Å². The number of nitrogens with one attached hydrogen (secondary N) is 1. The van der Waals surface area contributed by atoms with E-state index in [-0.39, 0.29) is 48.0 Å². The molecule has 5 rings (SSSR count). The zero-order valence-electron chi connectivity index (χ0n) is 20.0. The van der Waals surface area contributed by atoms with E-state index in [0.717, 1.165) is 24.8 Å². The second-order valence-electron chi connectivity index (χ2n) is 10.2. The van der Waals surface area contributed by atoms with Gasteiger partial charge in [-0.2, -0.15) is 0 Å². The Hall–Kier alpha value is -3.48. The van der Waals surface area contributed by atoms with Gasteiger partial charge in [0.05, 0.1) is 23.5 Å². The number of hydrogen-bond donors (Lipinski definition) is 1. The van der Waals surface area contributed by atoms with Gasteiger partial charge in [0.25, 0.3) is 0 Å². The maximum absolute atomic E-state index is 13.5. The van der Waals surface area contributed by atoms with Crippen molar-refractivity contribution >= 4 is 29.4 Å². The quantitative estimate of drug-likeness (QED) is 0.486. The molecule has 1 saturated heterocycles. The Balaban J connectivity index is 1.38. The maximum Gasteiger partial charge on any atom is 0.338 e. The van der Waals surface area contributed by atoms with Crippen molar-refractivity contribution in [2.45, 2.75) is 51.7 Å². The van der Waals surface area contributed by atoms with Gasteiger partial charge in [-0.15, -0.1) is 0 Å². The molecule has 0 spiro atoms. The van der Waals surface area contributed by atoms with Crippen molar-refractivity contribution in [3.8, 4) is 0 Å². The lowest BCUT2D eigenvalue weighted by Gasteiger charge is -2.27. The topological polar surface area (TPSA) is 92.8 Å². The summed E-state index contributed by atoms with van der Waals surface area (Å²) >= 11 is 0. The summed E-state index contributed by atoms with van der Waals surface area (Å²) in [5.41, 5.74) is 1.74. The number of anilines is 1. The molecule has 35 heavy (non-hydrogen) atoms. The first-order chi connectivity index (χ1) is 16.8. The van der Waals surface area contributed by atoms with E-state index in [1.54, 1.807) is 38.1 Å². The molecule has 1 heterocycles. The average Bonchev–Trinajstić information content (AvgIpc) is 3.52. The summed E-state index contributed by atoms with van der Waals surface area (Å²) in [7, 11) is 0. The fourth-order valence-corrected chi connectivity index (χ4v) is 6.07. The van der Waals surface area contributed by atoms with E-state index in [0.29, 0.717) is 11.3 Å². The van der Waals surface area contributed by atoms with Gasteiger partial charge in [-0.05, 0) is 74.8 Å². The predicted octanol–water partition coefficient (Wildman–Crippen LogP) is 3.83. The highest BCUT2D eigenvalue weighted by molar-refractivity contribution is 6.10. The lowest BCUT2D eigenvalue weighted by molar-refractivity contribution is -0.147. The summed E-state index contributed by atoms with van der Waals surface area (Å²) in [5.74, 6) is -1.30. The van der Waals surface area contributed by atoms with Crippen LogP contribution in [-0.4, -0.2) is 40.7 Å². The summed E-state index contributed by atoms with van der Waals surface area (Å²) in [6.07, 6.45) is 2.94. The molecule has 3 amide bonds. The van der Waals surface area contributed by atoms with Crippen LogP contribution in [0.5, 0.6) is 0 Å². The molecular formula is C28H30N2O5. The summed E-state index contributed by atoms with van der Waals surface area (Å²) < 4.78 is 5.20. The number of benzene rings is 2. The minimum atomic E-state index is -0.937. The lowest BCUT2D eigenvalue weighted by Crippen LogP contribution is -2.49. The molecule has 182 valence electrons. The molecule has 7 heteroatoms. The van der Waals surface area contributed by atoms with Crippen LogP contribution in [0.2, 0.25) is 0 Å². The normalized spacial score (nSPS) is 25.6. The van der Waals surface area contributed by atoms with Crippen molar-refractivity contribution < 1.29 is 23.9 Å². The van der Waals surface area contributed by atoms with E-state index in [1.165, 1.54) is 4.90 Å². The average molecular weight is 475 g/mol. The largest absolute Gasteiger partial charge is 0.459 e. The van der Waals surface area contributed by atoms with Gasteiger partial charge in [-0.25, -0.2) is 4.79 Å². The molecule has 2 saturated carbocycles. The Morgan fingerprint density at radius 1 is 0.943 bits per heavy atom. The van der Waals surface area contributed by atoms with Crippen LogP contribution in [0.4, 0.5) is 5.69 Å². The van der Waals surface area contributed by atoms with Gasteiger partial charge in [0.2, 0.25) is 17.7 Å². The number of amides is 3. The van der Waals surface area contributed by atoms with Gasteiger partial charge in [-0.3, -0.25) is 19.3 Å². The Morgan fingerprint density at radius 3 is 2.11 bits per heavy atom. The van der Waals surface area contributed by atoms with Crippen LogP contribution < -0.4 is 5.32 Å². The van der Waals surface area contributed by atoms with Crippen molar-refractivity contribution in [2.24, 2.45) is 23.7 Å². The summed E-state index contributed by atoms with van der Waals surface area (Å²) in [5, 5.41) is 2.85. The van der Waals surface area contributed by atoms with Crippen molar-refractivity contribution in [1.82, 2.24) is 4.90 Å². The molecule has 2 aromatic carbocycles. The second-order valence-corrected chi connectivity index (χ2v) is 10.2. The first-order valence-corrected chi connectivity index (χ1v) is 12.4. The molecule has 0 radical (unpaired) electrons. The third-order valence-electron chi connectivity index (χ3n) is 7.58. The predicted molar refractivity (Wildman–Crippen MR) is 129 cm³/mol. The van der Waals surface area contributed by atoms with Gasteiger partial charge in [0, 0.05) is 12.1 Å². The molecule has 0 unspecified atom stereocenters. The van der Waals surface area contributed by atoms with E-state index in [9.17, 15) is 19.2 Å². The molecule has 7 nitrogen and oxygen atoms in total. The van der Waals surface area contributed by atoms with Crippen LogP contribution in [0.15, 0.2) is 54.6 Å². The zero-order valence-corrected chi connectivity index (χ0v) is 20.0. The first-order valence-electron chi connectivity index (χ1n) is 12.4. The minimum absolute atomic E-state index is 0.199. The number of ether oxygens (including phenoxy) is 1. The van der Waals surface area contributed by atoms with E-state index >= 15 is 0 Å². The number of esters is 1. The number of carbonyl (C=O) groups is 4. The Morgan fingerprint density at radius 2 is 1.54 bits per heavy atom. The van der Waals surface area contributed by atoms with Crippen molar-refractivity contribution in [3.63, 3.8) is 0 Å². The Bertz CT molecular complexity index is 1120. The fourth-order valence-electron chi connectivity index (χ4n) is 6.07. The number of imide groups is 1. The number of fused-ring (bicyclic) bond motifs is 5. The number of likely N-dealkylation sites (tertiary alicyclic amines) is 1. The summed E-state index contributed by atoms with van der Waals surface area (Å²) in [6.45, 7) is 3.56. The first kappa shape index (κ1) is 23.3. The molecule has 1 aliphatic heterocycles. The lowest BCUT2D eigenvalue weighted by atomic mass is 9.81. The molecule has 0 aromatic heterocycles. The second kappa shape index (κ2) is 9.29. The zero-order chi connectivity index (χ0) is 24.7. The van der Waals surface area contributed by atoms with E-state index < -0.39 is 17.9 Å². The van der Waals surface area contributed by atoms with E-state index in [4.69, 9.17) is 4.74 Å². The van der Waals surface area contributed by atoms with Gasteiger partial charge < -0.3 is 10.1 Å². The number of nitrogens with zero attached hydrogens (tertiary/aromatic N) is 1. The van der Waals surface area contributed by atoms with Gasteiger partial charge in [0.15, 0.2) is 0 Å². The van der Waals surface area contributed by atoms with Crippen molar-refractivity contribution in [2.75, 3.05) is 5.32 Å². The molecule has 2 aromatic rings. The van der Waals surface area contributed by atoms with Gasteiger partial charge >= 0.3 is 5.97 Å². The van der Waals surface area contributed by atoms with Crippen LogP contribution >= 0.6 is 0 Å². The monoisotopic (exact) mass is 474 g/mol. The highest BCUT2D eigenvalue weighted by Crippen LogP contribution is 2.56. The fraction of sp³-hybridized carbons (Fsp3) is 0.429. The molecule has 2 aliphatic carbocycles. The molecule has 1 N–H and O–H groups in total. The maximum atomic E-state index is 13.5. The highest BCUT2D eigenvalue weighted by atomic mass is 16.5. The van der Waals surface area contributed by atoms with Crippen molar-refractivity contribution in [3.05, 3.63) is 65.7 Å². The molecule has 5 atom stereocenters. The smallest absolute Gasteiger partial charge is 0.338 e. The van der Waals surface area contributed by atoms with E-state index in [2.05, 4.69) is 5.32 Å². The van der Waals surface area contributed by atoms with Crippen LogP contribution in [-0.2, 0) is 25.5 Å². The minimum Gasteiger partial charge on any atom is -0.459 e. The SMILES string of the molecule is CC(C)OC(=O)c1ccc(NC(=O)[C@@H](Cc2ccccc2)N2C(=O)[C@H]3[C@@H]4CC[C@@H](C4)[C@@H]3C2=O)cc1. The third kappa shape index (κ3) is 4.35. The Kier molecular flexibility index (Phi) is 6.17. The molecule has 3 fully saturated rings. The number of hydrogen-bond acceptors (Lipinski definition) is 5. The van der Waals surface area contributed by atoms with Crippen LogP contribution in [0.25, 0.3) is 0 Å². The summed E-state index contributed by atoms with van der Waals surface area (Å²) in [6, 6.07) is 14.9. The van der Waals surface area contributed by atoms with Gasteiger partial charge in [0.1, 0.15) is 6.04 Å². The number of rotatable bonds is 7. The summed E-state index contributed by atoms with van der Waals surface area (Å²) in [4.78, 5) is 53.8. The molecule has 3 aliphatic rings. The molecule has 2 bridgehead atoms. The Labute approximate surface area is 204 Å².